The minimum atomic E-state index is -0.796. The largest absolute Gasteiger partial charge is 0.481 e. The third-order valence-electron chi connectivity index (χ3n) is 3.84. The van der Waals surface area contributed by atoms with Crippen molar-refractivity contribution in [2.75, 3.05) is 5.32 Å². The van der Waals surface area contributed by atoms with Crippen molar-refractivity contribution in [2.45, 2.75) is 39.0 Å². The Labute approximate surface area is 112 Å². The van der Waals surface area contributed by atoms with E-state index in [1.54, 1.807) is 0 Å². The summed E-state index contributed by atoms with van der Waals surface area (Å²) in [7, 11) is 0. The Morgan fingerprint density at radius 3 is 2.37 bits per heavy atom. The van der Waals surface area contributed by atoms with E-state index < -0.39 is 5.97 Å². The van der Waals surface area contributed by atoms with Gasteiger partial charge in [-0.15, -0.1) is 0 Å². The van der Waals surface area contributed by atoms with E-state index in [2.05, 4.69) is 5.32 Å². The molecule has 0 aromatic heterocycles. The van der Waals surface area contributed by atoms with Gasteiger partial charge < -0.3 is 10.4 Å². The summed E-state index contributed by atoms with van der Waals surface area (Å²) in [5.41, 5.74) is 1.54. The van der Waals surface area contributed by atoms with Crippen LogP contribution in [-0.2, 0) is 16.0 Å². The van der Waals surface area contributed by atoms with Gasteiger partial charge in [0.1, 0.15) is 0 Å². The fourth-order valence-electron chi connectivity index (χ4n) is 2.22. The molecular weight excluding hydrogens is 242 g/mol. The lowest BCUT2D eigenvalue weighted by Crippen LogP contribution is -2.39. The molecule has 0 spiro atoms. The van der Waals surface area contributed by atoms with Crippen molar-refractivity contribution in [3.8, 4) is 0 Å². The first-order valence-electron chi connectivity index (χ1n) is 6.62. The van der Waals surface area contributed by atoms with E-state index in [1.165, 1.54) is 0 Å². The number of carbonyl (C=O) groups is 2. The zero-order valence-corrected chi connectivity index (χ0v) is 11.1. The minimum Gasteiger partial charge on any atom is -0.481 e. The molecule has 19 heavy (non-hydrogen) atoms. The van der Waals surface area contributed by atoms with Crippen LogP contribution in [0.5, 0.6) is 0 Å². The first-order valence-corrected chi connectivity index (χ1v) is 6.62. The molecule has 0 aliphatic heterocycles. The number of nitrogens with one attached hydrogen (secondary N) is 1. The van der Waals surface area contributed by atoms with Crippen LogP contribution < -0.4 is 5.32 Å². The Morgan fingerprint density at radius 1 is 1.26 bits per heavy atom. The second kappa shape index (κ2) is 5.43. The highest BCUT2D eigenvalue weighted by atomic mass is 16.4. The van der Waals surface area contributed by atoms with Crippen molar-refractivity contribution in [1.29, 1.82) is 0 Å². The Balaban J connectivity index is 1.91. The van der Waals surface area contributed by atoms with Gasteiger partial charge in [-0.1, -0.05) is 25.5 Å². The molecule has 2 N–H and O–H groups in total. The highest BCUT2D eigenvalue weighted by molar-refractivity contribution is 5.95. The van der Waals surface area contributed by atoms with E-state index in [-0.39, 0.29) is 17.7 Å². The molecule has 1 aliphatic rings. The van der Waals surface area contributed by atoms with Gasteiger partial charge in [-0.25, -0.2) is 0 Å². The molecule has 1 fully saturated rings. The molecule has 4 nitrogen and oxygen atoms in total. The molecule has 0 saturated heterocycles. The molecule has 1 amide bonds. The Kier molecular flexibility index (Phi) is 3.88. The summed E-state index contributed by atoms with van der Waals surface area (Å²) >= 11 is 0. The first-order chi connectivity index (χ1) is 8.99. The second-order valence-electron chi connectivity index (χ2n) is 5.46. The summed E-state index contributed by atoms with van der Waals surface area (Å²) in [6, 6.07) is 7.39. The molecule has 1 aromatic carbocycles. The molecule has 102 valence electrons. The van der Waals surface area contributed by atoms with E-state index >= 15 is 0 Å². The molecule has 1 saturated carbocycles. The topological polar surface area (TPSA) is 66.4 Å². The standard InChI is InChI=1S/C15H19NO3/c1-15(9-2-10-15)14(19)16-12-6-3-11(4-7-12)5-8-13(17)18/h3-4,6-7H,2,5,8-10H2,1H3,(H,16,19)(H,17,18). The molecule has 1 aromatic rings. The summed E-state index contributed by atoms with van der Waals surface area (Å²) in [6.45, 7) is 1.99. The third-order valence-corrected chi connectivity index (χ3v) is 3.84. The van der Waals surface area contributed by atoms with Gasteiger partial charge >= 0.3 is 5.97 Å². The van der Waals surface area contributed by atoms with Crippen molar-refractivity contribution in [1.82, 2.24) is 0 Å². The summed E-state index contributed by atoms with van der Waals surface area (Å²) in [4.78, 5) is 22.5. The van der Waals surface area contributed by atoms with E-state index in [4.69, 9.17) is 5.11 Å². The van der Waals surface area contributed by atoms with Crippen molar-refractivity contribution >= 4 is 17.6 Å². The van der Waals surface area contributed by atoms with Gasteiger partial charge in [0.05, 0.1) is 0 Å². The lowest BCUT2D eigenvalue weighted by molar-refractivity contribution is -0.137. The monoisotopic (exact) mass is 261 g/mol. The highest BCUT2D eigenvalue weighted by Crippen LogP contribution is 2.41. The van der Waals surface area contributed by atoms with Gasteiger partial charge in [-0.05, 0) is 37.0 Å². The van der Waals surface area contributed by atoms with Gasteiger partial charge in [0.25, 0.3) is 0 Å². The smallest absolute Gasteiger partial charge is 0.303 e. The molecule has 0 unspecified atom stereocenters. The van der Waals surface area contributed by atoms with Gasteiger partial charge in [0.15, 0.2) is 0 Å². The van der Waals surface area contributed by atoms with Crippen LogP contribution in [0.15, 0.2) is 24.3 Å². The number of aliphatic carboxylic acids is 1. The SMILES string of the molecule is CC1(C(=O)Nc2ccc(CCC(=O)O)cc2)CCC1. The van der Waals surface area contributed by atoms with Gasteiger partial charge in [0.2, 0.25) is 5.91 Å². The van der Waals surface area contributed by atoms with E-state index in [0.29, 0.717) is 6.42 Å². The quantitative estimate of drug-likeness (QED) is 0.856. The van der Waals surface area contributed by atoms with E-state index in [0.717, 1.165) is 30.5 Å². The van der Waals surface area contributed by atoms with Crippen molar-refractivity contribution in [3.05, 3.63) is 29.8 Å². The Hall–Kier alpha value is -1.84. The number of anilines is 1. The van der Waals surface area contributed by atoms with Crippen LogP contribution in [0.2, 0.25) is 0 Å². The molecule has 0 bridgehead atoms. The van der Waals surface area contributed by atoms with Crippen molar-refractivity contribution in [3.63, 3.8) is 0 Å². The second-order valence-corrected chi connectivity index (χ2v) is 5.46. The van der Waals surface area contributed by atoms with Gasteiger partial charge in [0, 0.05) is 17.5 Å². The van der Waals surface area contributed by atoms with E-state index in [9.17, 15) is 9.59 Å². The predicted molar refractivity (Wildman–Crippen MR) is 73.0 cm³/mol. The fraction of sp³-hybridized carbons (Fsp3) is 0.467. The number of carbonyl (C=O) groups excluding carboxylic acids is 1. The molecule has 4 heteroatoms. The maximum atomic E-state index is 12.0. The zero-order chi connectivity index (χ0) is 13.9. The third kappa shape index (κ3) is 3.34. The number of aryl methyl sites for hydroxylation is 1. The van der Waals surface area contributed by atoms with Crippen LogP contribution in [-0.4, -0.2) is 17.0 Å². The summed E-state index contributed by atoms with van der Waals surface area (Å²) in [6.07, 6.45) is 3.67. The first kappa shape index (κ1) is 13.6. The van der Waals surface area contributed by atoms with Crippen LogP contribution in [0.4, 0.5) is 5.69 Å². The number of carboxylic acid groups (broad SMARTS) is 1. The van der Waals surface area contributed by atoms with E-state index in [1.807, 2.05) is 31.2 Å². The predicted octanol–water partition coefficient (Wildman–Crippen LogP) is 2.83. The van der Waals surface area contributed by atoms with Crippen LogP contribution in [0.1, 0.15) is 38.2 Å². The number of carboxylic acids is 1. The number of hydrogen-bond donors (Lipinski definition) is 2. The van der Waals surface area contributed by atoms with Crippen LogP contribution in [0.3, 0.4) is 0 Å². The normalized spacial score (nSPS) is 16.5. The summed E-state index contributed by atoms with van der Waals surface area (Å²) in [5, 5.41) is 11.5. The molecular formula is C15H19NO3. The average Bonchev–Trinajstić information content (AvgIpc) is 2.35. The van der Waals surface area contributed by atoms with Crippen LogP contribution in [0, 0.1) is 5.41 Å². The van der Waals surface area contributed by atoms with Crippen LogP contribution in [0.25, 0.3) is 0 Å². The average molecular weight is 261 g/mol. The van der Waals surface area contributed by atoms with Gasteiger partial charge in [-0.3, -0.25) is 9.59 Å². The number of benzene rings is 1. The number of hydrogen-bond acceptors (Lipinski definition) is 2. The number of amides is 1. The Morgan fingerprint density at radius 2 is 1.89 bits per heavy atom. The van der Waals surface area contributed by atoms with Crippen LogP contribution >= 0.6 is 0 Å². The van der Waals surface area contributed by atoms with Crippen molar-refractivity contribution < 1.29 is 14.7 Å². The molecule has 0 atom stereocenters. The Bertz CT molecular complexity index is 475. The summed E-state index contributed by atoms with van der Waals surface area (Å²) < 4.78 is 0. The molecule has 0 radical (unpaired) electrons. The minimum absolute atomic E-state index is 0.0806. The number of rotatable bonds is 5. The highest BCUT2D eigenvalue weighted by Gasteiger charge is 2.39. The molecule has 2 rings (SSSR count). The molecule has 0 heterocycles. The maximum absolute atomic E-state index is 12.0. The zero-order valence-electron chi connectivity index (χ0n) is 11.1. The maximum Gasteiger partial charge on any atom is 0.303 e. The summed E-state index contributed by atoms with van der Waals surface area (Å²) in [5.74, 6) is -0.715. The van der Waals surface area contributed by atoms with Crippen molar-refractivity contribution in [2.24, 2.45) is 5.41 Å². The molecule has 1 aliphatic carbocycles. The lowest BCUT2D eigenvalue weighted by Gasteiger charge is -2.36. The van der Waals surface area contributed by atoms with Gasteiger partial charge in [-0.2, -0.15) is 0 Å². The fourth-order valence-corrected chi connectivity index (χ4v) is 2.22. The lowest BCUT2D eigenvalue weighted by atomic mass is 9.70.